The standard InChI is InChI=1S/C3H8O3.4C2H4O2S/c4-1-3(6)2-5;4*3-2(4)1-5/h3-6H,1-2H2;4*5H,1H2,(H,3,4). The summed E-state index contributed by atoms with van der Waals surface area (Å²) >= 11 is 13.7. The van der Waals surface area contributed by atoms with Crippen molar-refractivity contribution >= 4 is 74.4 Å². The summed E-state index contributed by atoms with van der Waals surface area (Å²) in [5.41, 5.74) is 0. The first kappa shape index (κ1) is 36.1. The van der Waals surface area contributed by atoms with Crippen LogP contribution in [0.1, 0.15) is 0 Å². The smallest absolute Gasteiger partial charge is 0.313 e. The first-order chi connectivity index (χ1) is 11.9. The van der Waals surface area contributed by atoms with E-state index in [0.29, 0.717) is 0 Å². The van der Waals surface area contributed by atoms with Crippen LogP contribution in [0.5, 0.6) is 0 Å². The van der Waals surface area contributed by atoms with Gasteiger partial charge in [-0.25, -0.2) is 0 Å². The van der Waals surface area contributed by atoms with Crippen LogP contribution in [0.15, 0.2) is 0 Å². The van der Waals surface area contributed by atoms with Crippen LogP contribution >= 0.6 is 50.5 Å². The monoisotopic (exact) mass is 460 g/mol. The van der Waals surface area contributed by atoms with E-state index in [1.165, 1.54) is 0 Å². The highest BCUT2D eigenvalue weighted by molar-refractivity contribution is 7.81. The Morgan fingerprint density at radius 1 is 0.577 bits per heavy atom. The predicted molar refractivity (Wildman–Crippen MR) is 106 cm³/mol. The van der Waals surface area contributed by atoms with E-state index in [1.54, 1.807) is 0 Å². The van der Waals surface area contributed by atoms with Crippen molar-refractivity contribution in [3.05, 3.63) is 0 Å². The fourth-order valence-corrected chi connectivity index (χ4v) is 0.0577. The van der Waals surface area contributed by atoms with Gasteiger partial charge in [0.15, 0.2) is 0 Å². The third-order valence-corrected chi connectivity index (χ3v) is 2.04. The van der Waals surface area contributed by atoms with E-state index >= 15 is 0 Å². The molecule has 0 aromatic carbocycles. The van der Waals surface area contributed by atoms with Gasteiger partial charge in [-0.15, -0.1) is 0 Å². The number of rotatable bonds is 6. The van der Waals surface area contributed by atoms with Crippen LogP contribution in [0, 0.1) is 0 Å². The van der Waals surface area contributed by atoms with Crippen molar-refractivity contribution in [2.24, 2.45) is 0 Å². The van der Waals surface area contributed by atoms with Crippen molar-refractivity contribution in [2.75, 3.05) is 36.2 Å². The number of thiol groups is 4. The lowest BCUT2D eigenvalue weighted by molar-refractivity contribution is -0.134. The summed E-state index contributed by atoms with van der Waals surface area (Å²) < 4.78 is 0. The molecule has 0 aliphatic rings. The van der Waals surface area contributed by atoms with Crippen molar-refractivity contribution in [1.82, 2.24) is 0 Å². The summed E-state index contributed by atoms with van der Waals surface area (Å²) in [6.45, 7) is -0.729. The number of carboxylic acid groups (broad SMARTS) is 4. The van der Waals surface area contributed by atoms with Gasteiger partial charge in [0.25, 0.3) is 0 Å². The molecule has 0 spiro atoms. The molecule has 0 aliphatic heterocycles. The second kappa shape index (κ2) is 31.9. The second-order valence-corrected chi connectivity index (χ2v) is 4.49. The molecule has 0 saturated heterocycles. The van der Waals surface area contributed by atoms with Gasteiger partial charge < -0.3 is 35.7 Å². The maximum atomic E-state index is 9.29. The molecular formula is C11H24O11S4. The summed E-state index contributed by atoms with van der Waals surface area (Å²) in [6.07, 6.45) is -0.954. The van der Waals surface area contributed by atoms with Gasteiger partial charge >= 0.3 is 23.9 Å². The molecule has 0 aliphatic carbocycles. The largest absolute Gasteiger partial charge is 0.481 e. The van der Waals surface area contributed by atoms with Gasteiger partial charge in [0.05, 0.1) is 36.2 Å². The SMILES string of the molecule is O=C(O)CS.O=C(O)CS.O=C(O)CS.O=C(O)CS.OCC(O)CO. The molecule has 7 N–H and O–H groups in total. The maximum Gasteiger partial charge on any atom is 0.313 e. The number of aliphatic carboxylic acids is 4. The summed E-state index contributed by atoms with van der Waals surface area (Å²) in [6, 6.07) is 0. The van der Waals surface area contributed by atoms with Gasteiger partial charge in [0, 0.05) is 0 Å². The molecule has 26 heavy (non-hydrogen) atoms. The van der Waals surface area contributed by atoms with Crippen molar-refractivity contribution in [3.63, 3.8) is 0 Å². The minimum absolute atomic E-state index is 0.0833. The summed E-state index contributed by atoms with van der Waals surface area (Å²) in [4.78, 5) is 37.2. The zero-order chi connectivity index (χ0) is 22.1. The first-order valence-corrected chi connectivity index (χ1v) is 8.63. The van der Waals surface area contributed by atoms with Gasteiger partial charge in [-0.1, -0.05) is 0 Å². The predicted octanol–water partition coefficient (Wildman–Crippen LogP) is -1.66. The molecule has 0 radical (unpaired) electrons. The fraction of sp³-hybridized carbons (Fsp3) is 0.636. The highest BCUT2D eigenvalue weighted by Crippen LogP contribution is 1.71. The molecule has 158 valence electrons. The zero-order valence-electron chi connectivity index (χ0n) is 13.4. The first-order valence-electron chi connectivity index (χ1n) is 6.10. The number of aliphatic hydroxyl groups excluding tert-OH is 3. The van der Waals surface area contributed by atoms with Crippen LogP contribution in [0.3, 0.4) is 0 Å². The molecule has 15 heteroatoms. The van der Waals surface area contributed by atoms with Crippen molar-refractivity contribution in [3.8, 4) is 0 Å². The number of hydrogen-bond acceptors (Lipinski definition) is 11. The minimum atomic E-state index is -0.954. The Balaban J connectivity index is -0.0000000708. The van der Waals surface area contributed by atoms with Crippen molar-refractivity contribution in [2.45, 2.75) is 6.10 Å². The highest BCUT2D eigenvalue weighted by atomic mass is 32.1. The molecule has 0 amide bonds. The third kappa shape index (κ3) is 91.3. The van der Waals surface area contributed by atoms with E-state index in [-0.39, 0.29) is 36.2 Å². The fourth-order valence-electron chi connectivity index (χ4n) is 0.0577. The Morgan fingerprint density at radius 2 is 0.692 bits per heavy atom. The second-order valence-electron chi connectivity index (χ2n) is 3.23. The van der Waals surface area contributed by atoms with Crippen LogP contribution < -0.4 is 0 Å². The molecule has 0 rings (SSSR count). The lowest BCUT2D eigenvalue weighted by atomic mass is 10.4. The molecule has 11 nitrogen and oxygen atoms in total. The number of hydrogen-bond donors (Lipinski definition) is 11. The summed E-state index contributed by atoms with van der Waals surface area (Å²) in [7, 11) is 0. The molecule has 0 saturated carbocycles. The lowest BCUT2D eigenvalue weighted by Gasteiger charge is -1.96. The number of aliphatic hydroxyl groups is 3. The molecule has 0 heterocycles. The van der Waals surface area contributed by atoms with Crippen LogP contribution in [0.25, 0.3) is 0 Å². The van der Waals surface area contributed by atoms with Crippen LogP contribution in [0.4, 0.5) is 0 Å². The highest BCUT2D eigenvalue weighted by Gasteiger charge is 1.93. The van der Waals surface area contributed by atoms with Crippen LogP contribution in [-0.2, 0) is 19.2 Å². The third-order valence-electron chi connectivity index (χ3n) is 0.963. The molecule has 0 atom stereocenters. The van der Waals surface area contributed by atoms with Crippen molar-refractivity contribution in [1.29, 1.82) is 0 Å². The van der Waals surface area contributed by atoms with E-state index < -0.39 is 30.0 Å². The van der Waals surface area contributed by atoms with Gasteiger partial charge in [-0.05, 0) is 0 Å². The quantitative estimate of drug-likeness (QED) is 0.202. The normalized spacial score (nSPS) is 8.00. The average molecular weight is 461 g/mol. The van der Waals surface area contributed by atoms with E-state index in [9.17, 15) is 19.2 Å². The molecule has 0 aromatic rings. The molecule has 0 unspecified atom stereocenters. The Hall–Kier alpha value is -0.840. The van der Waals surface area contributed by atoms with E-state index in [2.05, 4.69) is 50.5 Å². The van der Waals surface area contributed by atoms with Crippen LogP contribution in [-0.4, -0.2) is 102 Å². The number of carbonyl (C=O) groups is 4. The summed E-state index contributed by atoms with van der Waals surface area (Å²) in [5.74, 6) is -3.86. The molecule has 0 fully saturated rings. The minimum Gasteiger partial charge on any atom is -0.481 e. The van der Waals surface area contributed by atoms with E-state index in [4.69, 9.17) is 35.7 Å². The van der Waals surface area contributed by atoms with Gasteiger partial charge in [0.2, 0.25) is 0 Å². The number of carboxylic acids is 4. The lowest BCUT2D eigenvalue weighted by Crippen LogP contribution is -2.15. The topological polar surface area (TPSA) is 210 Å². The van der Waals surface area contributed by atoms with Crippen molar-refractivity contribution < 1.29 is 54.9 Å². The molecular weight excluding hydrogens is 436 g/mol. The average Bonchev–Trinajstić information content (AvgIpc) is 2.62. The van der Waals surface area contributed by atoms with Gasteiger partial charge in [-0.2, -0.15) is 50.5 Å². The zero-order valence-corrected chi connectivity index (χ0v) is 17.0. The van der Waals surface area contributed by atoms with E-state index in [0.717, 1.165) is 0 Å². The van der Waals surface area contributed by atoms with Crippen LogP contribution in [0.2, 0.25) is 0 Å². The summed E-state index contributed by atoms with van der Waals surface area (Å²) in [5, 5.41) is 54.6. The van der Waals surface area contributed by atoms with E-state index in [1.807, 2.05) is 0 Å². The maximum absolute atomic E-state index is 9.29. The molecule has 0 aromatic heterocycles. The Bertz CT molecular complexity index is 295. The molecule has 0 bridgehead atoms. The Morgan fingerprint density at radius 3 is 0.692 bits per heavy atom. The van der Waals surface area contributed by atoms with Gasteiger partial charge in [-0.3, -0.25) is 19.2 Å². The van der Waals surface area contributed by atoms with Gasteiger partial charge in [0.1, 0.15) is 6.10 Å². The Kier molecular flexibility index (Phi) is 44.3. The Labute approximate surface area is 171 Å².